The molecular weight excluding hydrogens is 443 g/mol. The van der Waals surface area contributed by atoms with Crippen LogP contribution < -0.4 is 5.32 Å². The highest BCUT2D eigenvalue weighted by atomic mass is 31.2. The summed E-state index contributed by atoms with van der Waals surface area (Å²) in [5, 5.41) is 14.2. The number of methoxy groups -OCH3 is 1. The zero-order valence-electron chi connectivity index (χ0n) is 18.4. The van der Waals surface area contributed by atoms with Crippen LogP contribution in [-0.4, -0.2) is 37.2 Å². The molecule has 1 aliphatic rings. The number of dihydropyridines is 1. The molecule has 0 amide bonds. The molecule has 0 saturated carbocycles. The molecule has 1 aliphatic heterocycles. The Kier molecular flexibility index (Phi) is 8.31. The Morgan fingerprint density at radius 1 is 1.09 bits per heavy atom. The number of esters is 1. The van der Waals surface area contributed by atoms with Crippen molar-refractivity contribution >= 4 is 25.4 Å². The summed E-state index contributed by atoms with van der Waals surface area (Å²) >= 11 is 0. The van der Waals surface area contributed by atoms with Gasteiger partial charge in [0.05, 0.1) is 42.3 Å². The Morgan fingerprint density at radius 3 is 2.16 bits per heavy atom. The standard InChI is InChI=1S/C20H25N2O9P/c1-6-29-32(27,30-7-2)31-20(24)17-13(4)21-12(3)16(19(23)28-5)18(17)14-9-8-10-15(11-14)22(25)26/h8-11,18,21H,6-7H2,1-5H3. The van der Waals surface area contributed by atoms with E-state index in [4.69, 9.17) is 18.3 Å². The van der Waals surface area contributed by atoms with Crippen LogP contribution in [0.3, 0.4) is 0 Å². The first-order chi connectivity index (χ1) is 15.1. The van der Waals surface area contributed by atoms with E-state index >= 15 is 0 Å². The molecule has 0 aliphatic carbocycles. The van der Waals surface area contributed by atoms with Crippen LogP contribution in [0.25, 0.3) is 0 Å². The van der Waals surface area contributed by atoms with Crippen LogP contribution in [0.5, 0.6) is 0 Å². The van der Waals surface area contributed by atoms with Crippen LogP contribution in [0, 0.1) is 10.1 Å². The number of phosphoric acid groups is 1. The number of nitrogens with zero attached hydrogens (tertiary/aromatic N) is 1. The van der Waals surface area contributed by atoms with E-state index in [1.54, 1.807) is 27.7 Å². The van der Waals surface area contributed by atoms with E-state index in [9.17, 15) is 24.3 Å². The minimum atomic E-state index is -4.23. The smallest absolute Gasteiger partial charge is 0.466 e. The fourth-order valence-electron chi connectivity index (χ4n) is 3.35. The first-order valence-electron chi connectivity index (χ1n) is 9.72. The fourth-order valence-corrected chi connectivity index (χ4v) is 4.47. The first-order valence-corrected chi connectivity index (χ1v) is 11.2. The second-order valence-corrected chi connectivity index (χ2v) is 8.23. The normalized spacial score (nSPS) is 16.5. The third-order valence-corrected chi connectivity index (χ3v) is 6.11. The van der Waals surface area contributed by atoms with Gasteiger partial charge in [0.2, 0.25) is 0 Å². The first kappa shape index (κ1) is 25.3. The molecule has 174 valence electrons. The number of nitro groups is 1. The number of hydrogen-bond acceptors (Lipinski definition) is 10. The molecule has 0 bridgehead atoms. The van der Waals surface area contributed by atoms with Crippen LogP contribution in [0.4, 0.5) is 5.69 Å². The summed E-state index contributed by atoms with van der Waals surface area (Å²) in [4.78, 5) is 36.5. The van der Waals surface area contributed by atoms with Crippen molar-refractivity contribution < 1.29 is 37.4 Å². The molecule has 0 saturated heterocycles. The van der Waals surface area contributed by atoms with Gasteiger partial charge in [-0.2, -0.15) is 0 Å². The summed E-state index contributed by atoms with van der Waals surface area (Å²) in [6, 6.07) is 5.50. The minimum absolute atomic E-state index is 0.0401. The molecule has 1 atom stereocenters. The van der Waals surface area contributed by atoms with Crippen LogP contribution in [-0.2, 0) is 32.5 Å². The number of allylic oxidation sites excluding steroid dienone is 2. The van der Waals surface area contributed by atoms with Crippen LogP contribution in [0.15, 0.2) is 46.8 Å². The topological polar surface area (TPSA) is 143 Å². The molecular formula is C20H25N2O9P. The average Bonchev–Trinajstić information content (AvgIpc) is 2.72. The van der Waals surface area contributed by atoms with E-state index in [0.717, 1.165) is 0 Å². The van der Waals surface area contributed by atoms with Gasteiger partial charge in [-0.15, -0.1) is 0 Å². The number of hydrogen-bond donors (Lipinski definition) is 1. The van der Waals surface area contributed by atoms with Crippen molar-refractivity contribution in [1.29, 1.82) is 0 Å². The second kappa shape index (κ2) is 10.5. The number of rotatable bonds is 9. The number of carbonyl (C=O) groups is 2. The molecule has 1 N–H and O–H groups in total. The van der Waals surface area contributed by atoms with E-state index in [0.29, 0.717) is 11.4 Å². The van der Waals surface area contributed by atoms with Gasteiger partial charge in [-0.05, 0) is 33.3 Å². The van der Waals surface area contributed by atoms with E-state index in [-0.39, 0.29) is 35.6 Å². The maximum absolute atomic E-state index is 13.2. The number of nitrogens with one attached hydrogen (secondary N) is 1. The van der Waals surface area contributed by atoms with Gasteiger partial charge in [0.1, 0.15) is 0 Å². The maximum atomic E-state index is 13.2. The van der Waals surface area contributed by atoms with Crippen LogP contribution in [0.2, 0.25) is 0 Å². The van der Waals surface area contributed by atoms with Gasteiger partial charge in [0.15, 0.2) is 0 Å². The van der Waals surface area contributed by atoms with Gasteiger partial charge in [0.25, 0.3) is 5.69 Å². The van der Waals surface area contributed by atoms with Gasteiger partial charge < -0.3 is 14.6 Å². The molecule has 1 heterocycles. The molecule has 1 unspecified atom stereocenters. The number of carbonyl (C=O) groups excluding carboxylic acids is 2. The number of ether oxygens (including phenoxy) is 1. The summed E-state index contributed by atoms with van der Waals surface area (Å²) in [7, 11) is -3.05. The molecule has 1 aromatic rings. The number of phosphoric ester groups is 1. The van der Waals surface area contributed by atoms with Crippen molar-refractivity contribution in [1.82, 2.24) is 5.32 Å². The highest BCUT2D eigenvalue weighted by Gasteiger charge is 2.41. The average molecular weight is 468 g/mol. The van der Waals surface area contributed by atoms with Crippen molar-refractivity contribution in [3.63, 3.8) is 0 Å². The van der Waals surface area contributed by atoms with E-state index in [2.05, 4.69) is 5.32 Å². The lowest BCUT2D eigenvalue weighted by atomic mass is 9.80. The zero-order valence-corrected chi connectivity index (χ0v) is 19.3. The third kappa shape index (κ3) is 5.42. The molecule has 32 heavy (non-hydrogen) atoms. The molecule has 0 spiro atoms. The number of non-ortho nitro benzene ring substituents is 1. The van der Waals surface area contributed by atoms with Gasteiger partial charge >= 0.3 is 19.8 Å². The summed E-state index contributed by atoms with van der Waals surface area (Å²) in [6.07, 6.45) is 0. The maximum Gasteiger partial charge on any atom is 0.532 e. The van der Waals surface area contributed by atoms with Crippen molar-refractivity contribution in [3.8, 4) is 0 Å². The zero-order chi connectivity index (χ0) is 24.1. The Hall–Kier alpha value is -3.01. The fraction of sp³-hybridized carbons (Fsp3) is 0.400. The number of nitro benzene ring substituents is 1. The predicted molar refractivity (Wildman–Crippen MR) is 113 cm³/mol. The van der Waals surface area contributed by atoms with Gasteiger partial charge in [-0.25, -0.2) is 14.2 Å². The van der Waals surface area contributed by atoms with Crippen molar-refractivity contribution in [3.05, 3.63) is 62.5 Å². The summed E-state index contributed by atoms with van der Waals surface area (Å²) in [5.74, 6) is -2.90. The lowest BCUT2D eigenvalue weighted by Crippen LogP contribution is -2.32. The molecule has 0 fully saturated rings. The summed E-state index contributed by atoms with van der Waals surface area (Å²) in [5.41, 5.74) is 0.692. The Labute approximate surface area is 185 Å². The quantitative estimate of drug-likeness (QED) is 0.246. The Balaban J connectivity index is 2.65. The molecule has 0 aromatic heterocycles. The molecule has 12 heteroatoms. The van der Waals surface area contributed by atoms with Crippen LogP contribution >= 0.6 is 7.82 Å². The highest BCUT2D eigenvalue weighted by Crippen LogP contribution is 2.51. The van der Waals surface area contributed by atoms with Crippen molar-refractivity contribution in [2.24, 2.45) is 0 Å². The van der Waals surface area contributed by atoms with E-state index in [1.165, 1.54) is 31.4 Å². The van der Waals surface area contributed by atoms with E-state index < -0.39 is 30.6 Å². The summed E-state index contributed by atoms with van der Waals surface area (Å²) < 4.78 is 32.8. The lowest BCUT2D eigenvalue weighted by molar-refractivity contribution is -0.384. The Morgan fingerprint density at radius 2 is 1.66 bits per heavy atom. The molecule has 0 radical (unpaired) electrons. The monoisotopic (exact) mass is 468 g/mol. The Bertz CT molecular complexity index is 1020. The van der Waals surface area contributed by atoms with Crippen LogP contribution in [0.1, 0.15) is 39.2 Å². The SMILES string of the molecule is CCOP(=O)(OCC)OC(=O)C1=C(C)NC(C)=C(C(=O)OC)C1c1cccc([N+](=O)[O-])c1. The van der Waals surface area contributed by atoms with Gasteiger partial charge in [-0.1, -0.05) is 12.1 Å². The van der Waals surface area contributed by atoms with Crippen molar-refractivity contribution in [2.45, 2.75) is 33.6 Å². The predicted octanol–water partition coefficient (Wildman–Crippen LogP) is 3.73. The molecule has 11 nitrogen and oxygen atoms in total. The van der Waals surface area contributed by atoms with Crippen molar-refractivity contribution in [2.75, 3.05) is 20.3 Å². The molecule has 1 aromatic carbocycles. The molecule has 2 rings (SSSR count). The van der Waals surface area contributed by atoms with Gasteiger partial charge in [0, 0.05) is 23.5 Å². The summed E-state index contributed by atoms with van der Waals surface area (Å²) in [6.45, 7) is 6.19. The van der Waals surface area contributed by atoms with E-state index in [1.807, 2.05) is 0 Å². The highest BCUT2D eigenvalue weighted by molar-refractivity contribution is 7.49. The largest absolute Gasteiger partial charge is 0.532 e. The third-order valence-electron chi connectivity index (χ3n) is 4.57. The van der Waals surface area contributed by atoms with Gasteiger partial charge in [-0.3, -0.25) is 19.2 Å². The minimum Gasteiger partial charge on any atom is -0.466 e. The second-order valence-electron chi connectivity index (χ2n) is 6.64. The lowest BCUT2D eigenvalue weighted by Gasteiger charge is -2.30. The number of benzene rings is 1.